The molecule has 1 heterocycles. The maximum Gasteiger partial charge on any atom is 0.323 e. The van der Waals surface area contributed by atoms with Gasteiger partial charge in [-0.15, -0.1) is 0 Å². The summed E-state index contributed by atoms with van der Waals surface area (Å²) in [6, 6.07) is 4.89. The molecule has 1 N–H and O–H groups in total. The van der Waals surface area contributed by atoms with Crippen molar-refractivity contribution >= 4 is 39.4 Å². The van der Waals surface area contributed by atoms with E-state index in [-0.39, 0.29) is 24.3 Å². The molecule has 7 nitrogen and oxygen atoms in total. The van der Waals surface area contributed by atoms with Crippen LogP contribution in [0.15, 0.2) is 22.7 Å². The number of ketones is 2. The maximum atomic E-state index is 12.8. The molecule has 0 saturated carbocycles. The number of benzene rings is 1. The molecule has 1 aromatic carbocycles. The van der Waals surface area contributed by atoms with Crippen LogP contribution in [-0.2, 0) is 27.3 Å². The van der Waals surface area contributed by atoms with Crippen LogP contribution in [-0.4, -0.2) is 39.8 Å². The van der Waals surface area contributed by atoms with Crippen molar-refractivity contribution in [2.75, 3.05) is 6.61 Å². The Kier molecular flexibility index (Phi) is 5.01. The summed E-state index contributed by atoms with van der Waals surface area (Å²) >= 11 is 3.35. The Labute approximate surface area is 163 Å². The van der Waals surface area contributed by atoms with E-state index in [1.165, 1.54) is 4.57 Å². The van der Waals surface area contributed by atoms with E-state index < -0.39 is 30.0 Å². The monoisotopic (exact) mass is 433 g/mol. The summed E-state index contributed by atoms with van der Waals surface area (Å²) in [6.45, 7) is 3.03. The largest absolute Gasteiger partial charge is 0.480 e. The van der Waals surface area contributed by atoms with Gasteiger partial charge in [0.05, 0.1) is 13.0 Å². The first-order chi connectivity index (χ1) is 12.8. The average Bonchev–Trinajstić information content (AvgIpc) is 2.85. The number of halogens is 1. The lowest BCUT2D eigenvalue weighted by atomic mass is 9.85. The smallest absolute Gasteiger partial charge is 0.323 e. The number of carbonyl (C=O) groups excluding carboxylic acids is 3. The summed E-state index contributed by atoms with van der Waals surface area (Å²) in [4.78, 5) is 48.7. The van der Waals surface area contributed by atoms with E-state index in [1.807, 2.05) is 0 Å². The quantitative estimate of drug-likeness (QED) is 0.574. The van der Waals surface area contributed by atoms with Gasteiger partial charge in [-0.1, -0.05) is 15.9 Å². The van der Waals surface area contributed by atoms with Crippen molar-refractivity contribution in [3.05, 3.63) is 45.2 Å². The zero-order valence-electron chi connectivity index (χ0n) is 14.7. The lowest BCUT2D eigenvalue weighted by Gasteiger charge is -2.18. The summed E-state index contributed by atoms with van der Waals surface area (Å²) in [6.07, 6.45) is -0.123. The predicted octanol–water partition coefficient (Wildman–Crippen LogP) is 2.80. The number of fused-ring (bicyclic) bond motifs is 3. The number of nitrogens with zero attached hydrogens (tertiary/aromatic N) is 1. The minimum atomic E-state index is -1.15. The molecule has 0 saturated heterocycles. The molecular weight excluding hydrogens is 418 g/mol. The van der Waals surface area contributed by atoms with Gasteiger partial charge in [0.25, 0.3) is 5.78 Å². The molecule has 0 unspecified atom stereocenters. The van der Waals surface area contributed by atoms with Crippen molar-refractivity contribution < 1.29 is 29.0 Å². The lowest BCUT2D eigenvalue weighted by Crippen LogP contribution is -2.25. The first-order valence-electron chi connectivity index (χ1n) is 8.24. The van der Waals surface area contributed by atoms with Gasteiger partial charge >= 0.3 is 11.9 Å². The van der Waals surface area contributed by atoms with Crippen LogP contribution in [0.25, 0.3) is 11.1 Å². The summed E-state index contributed by atoms with van der Waals surface area (Å²) in [5.74, 6) is -3.12. The molecule has 0 atom stereocenters. The second-order valence-corrected chi connectivity index (χ2v) is 7.01. The van der Waals surface area contributed by atoms with Gasteiger partial charge in [0.15, 0.2) is 0 Å². The maximum absolute atomic E-state index is 12.8. The highest BCUT2D eigenvalue weighted by molar-refractivity contribution is 9.10. The van der Waals surface area contributed by atoms with E-state index in [9.17, 15) is 24.3 Å². The Morgan fingerprint density at radius 2 is 1.89 bits per heavy atom. The van der Waals surface area contributed by atoms with Crippen LogP contribution in [0.2, 0.25) is 0 Å². The molecule has 0 radical (unpaired) electrons. The number of hydrogen-bond donors (Lipinski definition) is 1. The van der Waals surface area contributed by atoms with Crippen molar-refractivity contribution in [1.82, 2.24) is 4.57 Å². The second kappa shape index (κ2) is 7.11. The number of carboxylic acids is 1. The number of aromatic nitrogens is 1. The molecule has 1 aromatic heterocycles. The highest BCUT2D eigenvalue weighted by atomic mass is 79.9. The first-order valence-corrected chi connectivity index (χ1v) is 9.03. The van der Waals surface area contributed by atoms with Crippen LogP contribution in [0.5, 0.6) is 0 Å². The lowest BCUT2D eigenvalue weighted by molar-refractivity contribution is -0.142. The molecular formula is C19H16BrNO6. The standard InChI is InChI=1S/C19H16BrNO6/c1-3-27-15(24)7-12-9(2)21(8-14(22)23)17-16(12)13-6-10(20)4-5-11(13)18(25)19(17)26/h4-6H,3,7-8H2,1-2H3,(H,22,23). The fourth-order valence-corrected chi connectivity index (χ4v) is 3.73. The minimum absolute atomic E-state index is 0.00444. The third-order valence-electron chi connectivity index (χ3n) is 4.49. The topological polar surface area (TPSA) is 103 Å². The van der Waals surface area contributed by atoms with Gasteiger partial charge in [-0.2, -0.15) is 0 Å². The van der Waals surface area contributed by atoms with E-state index >= 15 is 0 Å². The predicted molar refractivity (Wildman–Crippen MR) is 98.9 cm³/mol. The molecule has 8 heteroatoms. The van der Waals surface area contributed by atoms with Crippen LogP contribution in [0.3, 0.4) is 0 Å². The zero-order valence-corrected chi connectivity index (χ0v) is 16.3. The number of hydrogen-bond acceptors (Lipinski definition) is 5. The van der Waals surface area contributed by atoms with E-state index in [0.29, 0.717) is 26.9 Å². The van der Waals surface area contributed by atoms with Gasteiger partial charge in [-0.25, -0.2) is 0 Å². The molecule has 1 aliphatic carbocycles. The normalized spacial score (nSPS) is 12.6. The Balaban J connectivity index is 2.33. The van der Waals surface area contributed by atoms with Crippen molar-refractivity contribution in [2.24, 2.45) is 0 Å². The fraction of sp³-hybridized carbons (Fsp3) is 0.263. The third-order valence-corrected chi connectivity index (χ3v) is 4.98. The molecule has 0 aliphatic heterocycles. The van der Waals surface area contributed by atoms with Crippen LogP contribution >= 0.6 is 15.9 Å². The number of esters is 1. The van der Waals surface area contributed by atoms with Crippen molar-refractivity contribution in [3.63, 3.8) is 0 Å². The molecule has 0 spiro atoms. The Hall–Kier alpha value is -2.74. The average molecular weight is 434 g/mol. The highest BCUT2D eigenvalue weighted by Gasteiger charge is 2.37. The number of carboxylic acid groups (broad SMARTS) is 1. The summed E-state index contributed by atoms with van der Waals surface area (Å²) in [7, 11) is 0. The number of rotatable bonds is 5. The van der Waals surface area contributed by atoms with E-state index in [4.69, 9.17) is 4.74 Å². The van der Waals surface area contributed by atoms with Crippen LogP contribution in [0.4, 0.5) is 0 Å². The molecule has 2 aromatic rings. The van der Waals surface area contributed by atoms with Crippen molar-refractivity contribution in [1.29, 1.82) is 0 Å². The van der Waals surface area contributed by atoms with Crippen LogP contribution in [0, 0.1) is 6.92 Å². The van der Waals surface area contributed by atoms with Crippen molar-refractivity contribution in [3.8, 4) is 11.1 Å². The summed E-state index contributed by atoms with van der Waals surface area (Å²) < 4.78 is 7.00. The highest BCUT2D eigenvalue weighted by Crippen LogP contribution is 2.41. The Bertz CT molecular complexity index is 1000. The molecule has 27 heavy (non-hydrogen) atoms. The number of aliphatic carboxylic acids is 1. The fourth-order valence-electron chi connectivity index (χ4n) is 3.37. The van der Waals surface area contributed by atoms with E-state index in [1.54, 1.807) is 32.0 Å². The Morgan fingerprint density at radius 3 is 2.52 bits per heavy atom. The molecule has 0 fully saturated rings. The van der Waals surface area contributed by atoms with Gasteiger partial charge < -0.3 is 14.4 Å². The summed E-state index contributed by atoms with van der Waals surface area (Å²) in [5, 5.41) is 9.24. The van der Waals surface area contributed by atoms with Crippen molar-refractivity contribution in [2.45, 2.75) is 26.8 Å². The molecule has 3 rings (SSSR count). The number of ether oxygens (including phenoxy) is 1. The van der Waals surface area contributed by atoms with Crippen LogP contribution in [0.1, 0.15) is 39.0 Å². The molecule has 140 valence electrons. The number of Topliss-reactive ketones (excluding diaryl/α,β-unsaturated/α-hetero) is 2. The van der Waals surface area contributed by atoms with Gasteiger partial charge in [-0.3, -0.25) is 19.2 Å². The Morgan fingerprint density at radius 1 is 1.19 bits per heavy atom. The van der Waals surface area contributed by atoms with Gasteiger partial charge in [0, 0.05) is 21.3 Å². The third kappa shape index (κ3) is 3.21. The SMILES string of the molecule is CCOC(=O)Cc1c2c(n(CC(=O)O)c1C)C(=O)C(=O)c1ccc(Br)cc1-2. The second-order valence-electron chi connectivity index (χ2n) is 6.10. The summed E-state index contributed by atoms with van der Waals surface area (Å²) in [5.41, 5.74) is 2.09. The molecule has 0 amide bonds. The first kappa shape index (κ1) is 19.0. The van der Waals surface area contributed by atoms with Gasteiger partial charge in [0.2, 0.25) is 5.78 Å². The van der Waals surface area contributed by atoms with E-state index in [0.717, 1.165) is 0 Å². The van der Waals surface area contributed by atoms with Crippen LogP contribution < -0.4 is 0 Å². The number of carbonyl (C=O) groups is 4. The van der Waals surface area contributed by atoms with E-state index in [2.05, 4.69) is 15.9 Å². The zero-order chi connectivity index (χ0) is 19.9. The minimum Gasteiger partial charge on any atom is -0.480 e. The molecule has 1 aliphatic rings. The van der Waals surface area contributed by atoms with Gasteiger partial charge in [0.1, 0.15) is 12.2 Å². The molecule has 0 bridgehead atoms. The van der Waals surface area contributed by atoms with Gasteiger partial charge in [-0.05, 0) is 43.2 Å².